The number of aromatic hydroxyl groups is 1. The number of amides is 1. The number of phenols is 1. The number of rotatable bonds is 6. The smallest absolute Gasteiger partial charge is 0.326 e. The van der Waals surface area contributed by atoms with Crippen LogP contribution in [0.4, 0.5) is 5.69 Å². The van der Waals surface area contributed by atoms with E-state index in [0.717, 1.165) is 19.6 Å². The fourth-order valence-electron chi connectivity index (χ4n) is 2.14. The second-order valence-electron chi connectivity index (χ2n) is 4.65. The number of carbonyl (C=O) groups excluding carboxylic acids is 1. The van der Waals surface area contributed by atoms with Gasteiger partial charge in [0.1, 0.15) is 5.75 Å². The summed E-state index contributed by atoms with van der Waals surface area (Å²) in [5, 5.41) is 11.7. The summed E-state index contributed by atoms with van der Waals surface area (Å²) in [6, 6.07) is 8.54. The van der Waals surface area contributed by atoms with Crippen molar-refractivity contribution in [2.75, 3.05) is 10.8 Å². The minimum atomic E-state index is -4.05. The third-order valence-electron chi connectivity index (χ3n) is 3.08. The first-order chi connectivity index (χ1) is 10.4. The Balaban J connectivity index is 2.62. The number of carbonyl (C=O) groups is 1. The Morgan fingerprint density at radius 3 is 2.64 bits per heavy atom. The first-order valence-corrected chi connectivity index (χ1v) is 8.78. The Kier molecular flexibility index (Phi) is 4.92. The molecule has 0 bridgehead atoms. The van der Waals surface area contributed by atoms with Gasteiger partial charge in [-0.3, -0.25) is 4.79 Å². The first kappa shape index (κ1) is 16.6. The minimum absolute atomic E-state index is 0.104. The minimum Gasteiger partial charge on any atom is -0.506 e. The Morgan fingerprint density at radius 1 is 1.27 bits per heavy atom. The molecule has 0 spiro atoms. The van der Waals surface area contributed by atoms with Gasteiger partial charge in [-0.1, -0.05) is 28.9 Å². The molecule has 8 heteroatoms. The summed E-state index contributed by atoms with van der Waals surface area (Å²) in [6.07, 6.45) is 0.627. The lowest BCUT2D eigenvalue weighted by atomic mass is 10.1. The maximum Gasteiger partial charge on any atom is 0.326 e. The zero-order valence-corrected chi connectivity index (χ0v) is 14.2. The number of nitrogens with one attached hydrogen (secondary N) is 1. The molecule has 2 aromatic rings. The molecular formula is C14H15BrN2O4S. The standard InChI is InChI=1S/C14H15BrN2O4S/c1-2-5-17(22(20,21)16-9-18)13-7-11-6-12(15)4-3-10(11)8-14(13)19/h3-4,6-9,19H,2,5H2,1H3,(H,16,18). The molecule has 0 atom stereocenters. The number of nitrogens with zero attached hydrogens (tertiary/aromatic N) is 1. The Hall–Kier alpha value is -1.80. The van der Waals surface area contributed by atoms with Gasteiger partial charge in [-0.25, -0.2) is 9.03 Å². The highest BCUT2D eigenvalue weighted by atomic mass is 79.9. The third kappa shape index (κ3) is 3.33. The van der Waals surface area contributed by atoms with Crippen molar-refractivity contribution >= 4 is 49.0 Å². The molecule has 2 rings (SSSR count). The van der Waals surface area contributed by atoms with E-state index in [1.165, 1.54) is 6.07 Å². The molecule has 22 heavy (non-hydrogen) atoms. The lowest BCUT2D eigenvalue weighted by Gasteiger charge is -2.24. The van der Waals surface area contributed by atoms with Crippen molar-refractivity contribution in [1.29, 1.82) is 0 Å². The van der Waals surface area contributed by atoms with Crippen molar-refractivity contribution in [3.8, 4) is 5.75 Å². The second-order valence-corrected chi connectivity index (χ2v) is 7.19. The molecule has 0 aliphatic carbocycles. The average molecular weight is 387 g/mol. The van der Waals surface area contributed by atoms with E-state index in [2.05, 4.69) is 15.9 Å². The number of halogens is 1. The van der Waals surface area contributed by atoms with Crippen LogP contribution in [0.25, 0.3) is 10.8 Å². The summed E-state index contributed by atoms with van der Waals surface area (Å²) >= 11 is 3.35. The zero-order chi connectivity index (χ0) is 16.3. The van der Waals surface area contributed by atoms with Crippen LogP contribution < -0.4 is 9.03 Å². The highest BCUT2D eigenvalue weighted by Gasteiger charge is 2.24. The maximum absolute atomic E-state index is 12.1. The third-order valence-corrected chi connectivity index (χ3v) is 4.93. The van der Waals surface area contributed by atoms with Gasteiger partial charge >= 0.3 is 10.2 Å². The number of hydrogen-bond acceptors (Lipinski definition) is 4. The summed E-state index contributed by atoms with van der Waals surface area (Å²) in [5.74, 6) is -0.167. The van der Waals surface area contributed by atoms with E-state index in [9.17, 15) is 18.3 Å². The number of fused-ring (bicyclic) bond motifs is 1. The number of phenolic OH excluding ortho intramolecular Hbond substituents is 1. The molecule has 0 radical (unpaired) electrons. The monoisotopic (exact) mass is 386 g/mol. The van der Waals surface area contributed by atoms with Crippen molar-refractivity contribution in [2.45, 2.75) is 13.3 Å². The highest BCUT2D eigenvalue weighted by molar-refractivity contribution is 9.10. The molecule has 0 aliphatic heterocycles. The maximum atomic E-state index is 12.1. The van der Waals surface area contributed by atoms with Crippen molar-refractivity contribution in [3.05, 3.63) is 34.8 Å². The van der Waals surface area contributed by atoms with E-state index in [0.29, 0.717) is 6.42 Å². The summed E-state index contributed by atoms with van der Waals surface area (Å²) in [4.78, 5) is 10.5. The van der Waals surface area contributed by atoms with Gasteiger partial charge in [0.25, 0.3) is 0 Å². The normalized spacial score (nSPS) is 11.4. The van der Waals surface area contributed by atoms with Crippen LogP contribution in [0.5, 0.6) is 5.75 Å². The van der Waals surface area contributed by atoms with Gasteiger partial charge in [0.2, 0.25) is 6.41 Å². The Labute approximate surface area is 137 Å². The van der Waals surface area contributed by atoms with Crippen LogP contribution in [0.15, 0.2) is 34.8 Å². The molecule has 6 nitrogen and oxygen atoms in total. The van der Waals surface area contributed by atoms with Crippen molar-refractivity contribution in [2.24, 2.45) is 0 Å². The van der Waals surface area contributed by atoms with E-state index in [4.69, 9.17) is 0 Å². The number of hydrogen-bond donors (Lipinski definition) is 2. The second kappa shape index (κ2) is 6.53. The molecule has 118 valence electrons. The van der Waals surface area contributed by atoms with E-state index >= 15 is 0 Å². The van der Waals surface area contributed by atoms with Gasteiger partial charge in [0, 0.05) is 11.0 Å². The fraction of sp³-hybridized carbons (Fsp3) is 0.214. The molecule has 0 unspecified atom stereocenters. The molecular weight excluding hydrogens is 372 g/mol. The lowest BCUT2D eigenvalue weighted by molar-refractivity contribution is -0.108. The summed E-state index contributed by atoms with van der Waals surface area (Å²) in [5.41, 5.74) is 0.127. The van der Waals surface area contributed by atoms with Crippen molar-refractivity contribution in [1.82, 2.24) is 4.72 Å². The van der Waals surface area contributed by atoms with Gasteiger partial charge < -0.3 is 5.11 Å². The molecule has 0 saturated carbocycles. The van der Waals surface area contributed by atoms with Crippen LogP contribution in [0, 0.1) is 0 Å². The topological polar surface area (TPSA) is 86.7 Å². The van der Waals surface area contributed by atoms with Gasteiger partial charge in [0.05, 0.1) is 5.69 Å². The number of benzene rings is 2. The van der Waals surface area contributed by atoms with Crippen molar-refractivity contribution < 1.29 is 18.3 Å². The largest absolute Gasteiger partial charge is 0.506 e. The molecule has 0 fully saturated rings. The molecule has 2 aromatic carbocycles. The predicted octanol–water partition coefficient (Wildman–Crippen LogP) is 2.52. The van der Waals surface area contributed by atoms with Gasteiger partial charge in [-0.15, -0.1) is 0 Å². The summed E-state index contributed by atoms with van der Waals surface area (Å²) in [6.45, 7) is 1.94. The van der Waals surface area contributed by atoms with Crippen LogP contribution in [0.3, 0.4) is 0 Å². The van der Waals surface area contributed by atoms with E-state index < -0.39 is 10.2 Å². The van der Waals surface area contributed by atoms with E-state index in [-0.39, 0.29) is 24.4 Å². The quantitative estimate of drug-likeness (QED) is 0.746. The Morgan fingerprint density at radius 2 is 2.00 bits per heavy atom. The predicted molar refractivity (Wildman–Crippen MR) is 89.1 cm³/mol. The number of anilines is 1. The van der Waals surface area contributed by atoms with E-state index in [1.807, 2.05) is 18.2 Å². The van der Waals surface area contributed by atoms with Crippen LogP contribution in [0.1, 0.15) is 13.3 Å². The van der Waals surface area contributed by atoms with Crippen LogP contribution >= 0.6 is 15.9 Å². The van der Waals surface area contributed by atoms with E-state index in [1.54, 1.807) is 17.7 Å². The van der Waals surface area contributed by atoms with Crippen LogP contribution in [0.2, 0.25) is 0 Å². The van der Waals surface area contributed by atoms with Gasteiger partial charge in [-0.05, 0) is 41.5 Å². The van der Waals surface area contributed by atoms with Crippen molar-refractivity contribution in [3.63, 3.8) is 0 Å². The SMILES string of the molecule is CCCN(c1cc2cc(Br)ccc2cc1O)S(=O)(=O)NC=O. The molecule has 0 aliphatic rings. The van der Waals surface area contributed by atoms with Crippen LogP contribution in [-0.2, 0) is 15.0 Å². The summed E-state index contributed by atoms with van der Waals surface area (Å²) < 4.78 is 27.9. The molecule has 0 heterocycles. The lowest BCUT2D eigenvalue weighted by Crippen LogP contribution is -2.40. The first-order valence-electron chi connectivity index (χ1n) is 6.55. The fourth-order valence-corrected chi connectivity index (χ4v) is 3.60. The molecule has 2 N–H and O–H groups in total. The molecule has 0 saturated heterocycles. The van der Waals surface area contributed by atoms with Gasteiger partial charge in [0.15, 0.2) is 0 Å². The summed E-state index contributed by atoms with van der Waals surface area (Å²) in [7, 11) is -4.05. The highest BCUT2D eigenvalue weighted by Crippen LogP contribution is 2.34. The molecule has 1 amide bonds. The van der Waals surface area contributed by atoms with Crippen LogP contribution in [-0.4, -0.2) is 26.5 Å². The Bertz CT molecular complexity index is 808. The molecule has 0 aromatic heterocycles. The average Bonchev–Trinajstić information content (AvgIpc) is 2.44. The zero-order valence-electron chi connectivity index (χ0n) is 11.8. The van der Waals surface area contributed by atoms with Gasteiger partial charge in [-0.2, -0.15) is 8.42 Å².